The Bertz CT molecular complexity index is 502. The van der Waals surface area contributed by atoms with Crippen LogP contribution in [0.25, 0.3) is 0 Å². The van der Waals surface area contributed by atoms with Gasteiger partial charge in [0.2, 0.25) is 0 Å². The average Bonchev–Trinajstić information content (AvgIpc) is 2.48. The summed E-state index contributed by atoms with van der Waals surface area (Å²) >= 11 is 0. The first-order valence-corrected chi connectivity index (χ1v) is 7.25. The van der Waals surface area contributed by atoms with Gasteiger partial charge >= 0.3 is 0 Å². The van der Waals surface area contributed by atoms with Gasteiger partial charge in [0.25, 0.3) is 5.91 Å². The average molecular weight is 297 g/mol. The molecular weight excluding hydrogens is 276 g/mol. The van der Waals surface area contributed by atoms with E-state index in [1.807, 2.05) is 0 Å². The van der Waals surface area contributed by atoms with Gasteiger partial charge in [-0.2, -0.15) is 0 Å². The fraction of sp³-hybridized carbons (Fsp3) is 0.533. The molecule has 1 fully saturated rings. The number of carbonyl (C=O) groups excluding carboxylic acids is 1. The van der Waals surface area contributed by atoms with Gasteiger partial charge in [-0.15, -0.1) is 0 Å². The highest BCUT2D eigenvalue weighted by molar-refractivity contribution is 5.94. The molecule has 1 aromatic carbocycles. The van der Waals surface area contributed by atoms with Crippen LogP contribution in [0.1, 0.15) is 22.3 Å². The van der Waals surface area contributed by atoms with Gasteiger partial charge in [-0.3, -0.25) is 4.79 Å². The second kappa shape index (κ2) is 7.47. The van der Waals surface area contributed by atoms with Crippen LogP contribution in [0.5, 0.6) is 0 Å². The minimum atomic E-state index is -0.822. The zero-order valence-corrected chi connectivity index (χ0v) is 12.2. The van der Waals surface area contributed by atoms with Crippen molar-refractivity contribution in [1.29, 1.82) is 0 Å². The van der Waals surface area contributed by atoms with Gasteiger partial charge in [0, 0.05) is 38.8 Å². The van der Waals surface area contributed by atoms with Gasteiger partial charge in [-0.05, 0) is 31.5 Å². The van der Waals surface area contributed by atoms with Crippen molar-refractivity contribution in [2.45, 2.75) is 13.3 Å². The predicted molar refractivity (Wildman–Crippen MR) is 77.4 cm³/mol. The van der Waals surface area contributed by atoms with E-state index >= 15 is 0 Å². The normalized spacial score (nSPS) is 16.0. The van der Waals surface area contributed by atoms with Crippen LogP contribution >= 0.6 is 0 Å². The molecule has 0 aliphatic carbocycles. The quantitative estimate of drug-likeness (QED) is 0.805. The van der Waals surface area contributed by atoms with Crippen molar-refractivity contribution in [3.63, 3.8) is 0 Å². The molecule has 0 saturated carbocycles. The minimum Gasteiger partial charge on any atom is -0.352 e. The fourth-order valence-corrected chi connectivity index (χ4v) is 2.37. The largest absolute Gasteiger partial charge is 0.352 e. The number of halogens is 2. The Morgan fingerprint density at radius 1 is 1.29 bits per heavy atom. The first-order valence-electron chi connectivity index (χ1n) is 7.25. The summed E-state index contributed by atoms with van der Waals surface area (Å²) in [6, 6.07) is 2.00. The molecule has 0 spiro atoms. The van der Waals surface area contributed by atoms with E-state index in [-0.39, 0.29) is 11.1 Å². The maximum absolute atomic E-state index is 13.6. The summed E-state index contributed by atoms with van der Waals surface area (Å²) in [6.07, 6.45) is 0.813. The molecule has 0 unspecified atom stereocenters. The number of amides is 1. The molecule has 1 aliphatic heterocycles. The van der Waals surface area contributed by atoms with E-state index < -0.39 is 17.5 Å². The molecule has 1 heterocycles. The fourth-order valence-electron chi connectivity index (χ4n) is 2.37. The Morgan fingerprint density at radius 3 is 2.71 bits per heavy atom. The maximum atomic E-state index is 13.6. The number of rotatable bonds is 5. The van der Waals surface area contributed by atoms with Gasteiger partial charge in [0.05, 0.1) is 5.56 Å². The number of piperazine rings is 1. The molecule has 6 heteroatoms. The molecule has 116 valence electrons. The lowest BCUT2D eigenvalue weighted by Gasteiger charge is -2.27. The van der Waals surface area contributed by atoms with E-state index in [4.69, 9.17) is 0 Å². The number of carbonyl (C=O) groups is 1. The van der Waals surface area contributed by atoms with Crippen molar-refractivity contribution in [1.82, 2.24) is 15.5 Å². The molecule has 1 saturated heterocycles. The summed E-state index contributed by atoms with van der Waals surface area (Å²) < 4.78 is 26.7. The van der Waals surface area contributed by atoms with Crippen LogP contribution < -0.4 is 10.6 Å². The summed E-state index contributed by atoms with van der Waals surface area (Å²) in [5, 5.41) is 5.96. The molecule has 0 aromatic heterocycles. The van der Waals surface area contributed by atoms with Crippen molar-refractivity contribution in [3.8, 4) is 0 Å². The summed E-state index contributed by atoms with van der Waals surface area (Å²) in [7, 11) is 0. The molecule has 21 heavy (non-hydrogen) atoms. The number of aryl methyl sites for hydroxylation is 1. The van der Waals surface area contributed by atoms with Gasteiger partial charge in [-0.1, -0.05) is 0 Å². The van der Waals surface area contributed by atoms with Gasteiger partial charge in [0.15, 0.2) is 0 Å². The highest BCUT2D eigenvalue weighted by Gasteiger charge is 2.14. The van der Waals surface area contributed by atoms with Crippen molar-refractivity contribution in [3.05, 3.63) is 34.9 Å². The standard InChI is InChI=1S/C15H21F2N3O/c1-11-9-12(14(17)10-13(11)16)15(21)19-3-2-6-20-7-4-18-5-8-20/h9-10,18H,2-8H2,1H3,(H,19,21). The first kappa shape index (κ1) is 15.9. The molecular formula is C15H21F2N3O. The molecule has 4 nitrogen and oxygen atoms in total. The van der Waals surface area contributed by atoms with Crippen LogP contribution in [0.2, 0.25) is 0 Å². The van der Waals surface area contributed by atoms with Crippen LogP contribution in [-0.2, 0) is 0 Å². The van der Waals surface area contributed by atoms with E-state index in [1.165, 1.54) is 13.0 Å². The molecule has 2 N–H and O–H groups in total. The van der Waals surface area contributed by atoms with Gasteiger partial charge < -0.3 is 15.5 Å². The van der Waals surface area contributed by atoms with Crippen molar-refractivity contribution in [2.75, 3.05) is 39.3 Å². The Kier molecular flexibility index (Phi) is 5.64. The monoisotopic (exact) mass is 297 g/mol. The SMILES string of the molecule is Cc1cc(C(=O)NCCCN2CCNCC2)c(F)cc1F. The lowest BCUT2D eigenvalue weighted by atomic mass is 10.1. The number of hydrogen-bond donors (Lipinski definition) is 2. The maximum Gasteiger partial charge on any atom is 0.254 e. The number of nitrogens with one attached hydrogen (secondary N) is 2. The Hall–Kier alpha value is -1.53. The molecule has 0 bridgehead atoms. The highest BCUT2D eigenvalue weighted by Crippen LogP contribution is 2.14. The van der Waals surface area contributed by atoms with Crippen LogP contribution in [0.3, 0.4) is 0 Å². The summed E-state index contributed by atoms with van der Waals surface area (Å²) in [6.45, 7) is 6.92. The van der Waals surface area contributed by atoms with E-state index in [1.54, 1.807) is 0 Å². The van der Waals surface area contributed by atoms with Gasteiger partial charge in [0.1, 0.15) is 11.6 Å². The summed E-state index contributed by atoms with van der Waals surface area (Å²) in [5.41, 5.74) is 0.165. The predicted octanol–water partition coefficient (Wildman–Crippen LogP) is 1.30. The number of hydrogen-bond acceptors (Lipinski definition) is 3. The van der Waals surface area contributed by atoms with Crippen LogP contribution in [0, 0.1) is 18.6 Å². The van der Waals surface area contributed by atoms with E-state index in [0.29, 0.717) is 6.54 Å². The highest BCUT2D eigenvalue weighted by atomic mass is 19.1. The van der Waals surface area contributed by atoms with E-state index in [0.717, 1.165) is 45.2 Å². The third-order valence-corrected chi connectivity index (χ3v) is 3.64. The summed E-state index contributed by atoms with van der Waals surface area (Å²) in [5.74, 6) is -1.95. The molecule has 0 atom stereocenters. The van der Waals surface area contributed by atoms with Crippen LogP contribution in [0.15, 0.2) is 12.1 Å². The summed E-state index contributed by atoms with van der Waals surface area (Å²) in [4.78, 5) is 14.2. The smallest absolute Gasteiger partial charge is 0.254 e. The third kappa shape index (κ3) is 4.47. The number of benzene rings is 1. The van der Waals surface area contributed by atoms with Crippen molar-refractivity contribution < 1.29 is 13.6 Å². The van der Waals surface area contributed by atoms with E-state index in [9.17, 15) is 13.6 Å². The second-order valence-electron chi connectivity index (χ2n) is 5.28. The Labute approximate surface area is 123 Å². The lowest BCUT2D eigenvalue weighted by molar-refractivity contribution is 0.0947. The first-order chi connectivity index (χ1) is 10.1. The van der Waals surface area contributed by atoms with Crippen LogP contribution in [0.4, 0.5) is 8.78 Å². The second-order valence-corrected chi connectivity index (χ2v) is 5.28. The molecule has 2 rings (SSSR count). The van der Waals surface area contributed by atoms with Gasteiger partial charge in [-0.25, -0.2) is 8.78 Å². The molecule has 1 aromatic rings. The molecule has 0 radical (unpaired) electrons. The zero-order chi connectivity index (χ0) is 15.2. The lowest BCUT2D eigenvalue weighted by Crippen LogP contribution is -2.44. The molecule has 1 aliphatic rings. The third-order valence-electron chi connectivity index (χ3n) is 3.64. The van der Waals surface area contributed by atoms with Crippen LogP contribution in [-0.4, -0.2) is 50.1 Å². The molecule has 1 amide bonds. The Morgan fingerprint density at radius 2 is 2.00 bits per heavy atom. The van der Waals surface area contributed by atoms with E-state index in [2.05, 4.69) is 15.5 Å². The topological polar surface area (TPSA) is 44.4 Å². The zero-order valence-electron chi connectivity index (χ0n) is 12.2. The Balaban J connectivity index is 1.78. The van der Waals surface area contributed by atoms with Crippen molar-refractivity contribution >= 4 is 5.91 Å². The van der Waals surface area contributed by atoms with Crippen molar-refractivity contribution in [2.24, 2.45) is 0 Å². The number of nitrogens with zero attached hydrogens (tertiary/aromatic N) is 1. The minimum absolute atomic E-state index is 0.101.